The Labute approximate surface area is 125 Å². The lowest BCUT2D eigenvalue weighted by molar-refractivity contribution is -0.140. The van der Waals surface area contributed by atoms with Crippen LogP contribution < -0.4 is 16.0 Å². The SMILES string of the molecule is CCNC(C)c1ccc(NC(=O)NCCC(=O)OC)cc1. The van der Waals surface area contributed by atoms with E-state index < -0.39 is 0 Å². The molecule has 1 aromatic carbocycles. The summed E-state index contributed by atoms with van der Waals surface area (Å²) < 4.78 is 4.49. The molecule has 0 spiro atoms. The van der Waals surface area contributed by atoms with Crippen LogP contribution in [0.1, 0.15) is 31.9 Å². The fourth-order valence-electron chi connectivity index (χ4n) is 1.83. The van der Waals surface area contributed by atoms with E-state index in [0.29, 0.717) is 5.69 Å². The predicted molar refractivity (Wildman–Crippen MR) is 82.2 cm³/mol. The van der Waals surface area contributed by atoms with E-state index in [0.717, 1.165) is 12.1 Å². The molecule has 0 aliphatic heterocycles. The summed E-state index contributed by atoms with van der Waals surface area (Å²) in [6.45, 7) is 5.30. The second-order valence-corrected chi connectivity index (χ2v) is 4.61. The molecule has 0 bridgehead atoms. The van der Waals surface area contributed by atoms with Gasteiger partial charge in [-0.3, -0.25) is 4.79 Å². The zero-order valence-corrected chi connectivity index (χ0v) is 12.7. The van der Waals surface area contributed by atoms with Gasteiger partial charge in [-0.05, 0) is 31.2 Å². The molecule has 0 aromatic heterocycles. The molecule has 0 saturated heterocycles. The number of rotatable bonds is 7. The second kappa shape index (κ2) is 8.97. The minimum Gasteiger partial charge on any atom is -0.469 e. The molecule has 1 aromatic rings. The Morgan fingerprint density at radius 2 is 1.90 bits per heavy atom. The Morgan fingerprint density at radius 3 is 2.48 bits per heavy atom. The van der Waals surface area contributed by atoms with Crippen molar-refractivity contribution in [2.75, 3.05) is 25.5 Å². The van der Waals surface area contributed by atoms with Crippen molar-refractivity contribution in [3.63, 3.8) is 0 Å². The number of anilines is 1. The van der Waals surface area contributed by atoms with Gasteiger partial charge in [0.25, 0.3) is 0 Å². The first kappa shape index (κ1) is 17.0. The molecular formula is C15H23N3O3. The maximum Gasteiger partial charge on any atom is 0.319 e. The molecule has 1 atom stereocenters. The van der Waals surface area contributed by atoms with Crippen LogP contribution in [-0.4, -0.2) is 32.2 Å². The van der Waals surface area contributed by atoms with E-state index >= 15 is 0 Å². The van der Waals surface area contributed by atoms with Crippen LogP contribution in [0.5, 0.6) is 0 Å². The first-order chi connectivity index (χ1) is 10.1. The van der Waals surface area contributed by atoms with Crippen molar-refractivity contribution in [3.05, 3.63) is 29.8 Å². The van der Waals surface area contributed by atoms with Crippen molar-refractivity contribution in [2.24, 2.45) is 0 Å². The van der Waals surface area contributed by atoms with Crippen molar-refractivity contribution < 1.29 is 14.3 Å². The number of ether oxygens (including phenoxy) is 1. The Bertz CT molecular complexity index is 460. The molecule has 0 heterocycles. The molecule has 2 amide bonds. The highest BCUT2D eigenvalue weighted by molar-refractivity contribution is 5.89. The smallest absolute Gasteiger partial charge is 0.319 e. The molecule has 0 saturated carbocycles. The molecule has 6 nitrogen and oxygen atoms in total. The summed E-state index contributed by atoms with van der Waals surface area (Å²) in [6, 6.07) is 7.57. The van der Waals surface area contributed by atoms with Crippen molar-refractivity contribution in [1.82, 2.24) is 10.6 Å². The van der Waals surface area contributed by atoms with Gasteiger partial charge in [-0.1, -0.05) is 19.1 Å². The van der Waals surface area contributed by atoms with Crippen LogP contribution in [0.25, 0.3) is 0 Å². The van der Waals surface area contributed by atoms with Crippen molar-refractivity contribution in [2.45, 2.75) is 26.3 Å². The zero-order chi connectivity index (χ0) is 15.7. The van der Waals surface area contributed by atoms with E-state index in [-0.39, 0.29) is 31.0 Å². The standard InChI is InChI=1S/C15H23N3O3/c1-4-16-11(2)12-5-7-13(8-6-12)18-15(20)17-10-9-14(19)21-3/h5-8,11,16H,4,9-10H2,1-3H3,(H2,17,18,20). The molecule has 0 aliphatic rings. The van der Waals surface area contributed by atoms with Gasteiger partial charge in [0.1, 0.15) is 0 Å². The molecule has 6 heteroatoms. The van der Waals surface area contributed by atoms with Crippen LogP contribution in [0.3, 0.4) is 0 Å². The highest BCUT2D eigenvalue weighted by Crippen LogP contribution is 2.15. The summed E-state index contributed by atoms with van der Waals surface area (Å²) in [7, 11) is 1.32. The maximum absolute atomic E-state index is 11.6. The topological polar surface area (TPSA) is 79.5 Å². The van der Waals surface area contributed by atoms with E-state index in [1.165, 1.54) is 7.11 Å². The first-order valence-electron chi connectivity index (χ1n) is 7.01. The summed E-state index contributed by atoms with van der Waals surface area (Å²) in [5.74, 6) is -0.350. The van der Waals surface area contributed by atoms with Crippen LogP contribution in [0.15, 0.2) is 24.3 Å². The molecular weight excluding hydrogens is 270 g/mol. The van der Waals surface area contributed by atoms with Gasteiger partial charge >= 0.3 is 12.0 Å². The molecule has 1 rings (SSSR count). The summed E-state index contributed by atoms with van der Waals surface area (Å²) >= 11 is 0. The minimum absolute atomic E-state index is 0.156. The number of hydrogen-bond acceptors (Lipinski definition) is 4. The van der Waals surface area contributed by atoms with Crippen LogP contribution in [0.4, 0.5) is 10.5 Å². The molecule has 21 heavy (non-hydrogen) atoms. The summed E-state index contributed by atoms with van der Waals surface area (Å²) in [6.07, 6.45) is 0.156. The number of amides is 2. The number of benzene rings is 1. The van der Waals surface area contributed by atoms with Crippen molar-refractivity contribution >= 4 is 17.7 Å². The van der Waals surface area contributed by atoms with Gasteiger partial charge in [-0.15, -0.1) is 0 Å². The van der Waals surface area contributed by atoms with Gasteiger partial charge in [0.15, 0.2) is 0 Å². The van der Waals surface area contributed by atoms with E-state index in [9.17, 15) is 9.59 Å². The number of methoxy groups -OCH3 is 1. The molecule has 0 radical (unpaired) electrons. The molecule has 0 aliphatic carbocycles. The van der Waals surface area contributed by atoms with Crippen LogP contribution in [0.2, 0.25) is 0 Å². The summed E-state index contributed by atoms with van der Waals surface area (Å²) in [5.41, 5.74) is 1.87. The van der Waals surface area contributed by atoms with Gasteiger partial charge in [0.05, 0.1) is 13.5 Å². The number of carbonyl (C=O) groups is 2. The largest absolute Gasteiger partial charge is 0.469 e. The van der Waals surface area contributed by atoms with E-state index in [1.54, 1.807) is 0 Å². The quantitative estimate of drug-likeness (QED) is 0.672. The lowest BCUT2D eigenvalue weighted by atomic mass is 10.1. The fourth-order valence-corrected chi connectivity index (χ4v) is 1.83. The third-order valence-corrected chi connectivity index (χ3v) is 3.02. The number of nitrogens with one attached hydrogen (secondary N) is 3. The van der Waals surface area contributed by atoms with Gasteiger partial charge in [0, 0.05) is 18.3 Å². The maximum atomic E-state index is 11.6. The summed E-state index contributed by atoms with van der Waals surface area (Å²) in [4.78, 5) is 22.5. The lowest BCUT2D eigenvalue weighted by Gasteiger charge is -2.13. The van der Waals surface area contributed by atoms with E-state index in [1.807, 2.05) is 24.3 Å². The zero-order valence-electron chi connectivity index (χ0n) is 12.7. The molecule has 116 valence electrons. The average Bonchev–Trinajstić information content (AvgIpc) is 2.48. The highest BCUT2D eigenvalue weighted by atomic mass is 16.5. The second-order valence-electron chi connectivity index (χ2n) is 4.61. The van der Waals surface area contributed by atoms with Gasteiger partial charge < -0.3 is 20.7 Å². The third kappa shape index (κ3) is 6.27. The van der Waals surface area contributed by atoms with E-state index in [2.05, 4.69) is 34.5 Å². The number of urea groups is 1. The Balaban J connectivity index is 2.41. The van der Waals surface area contributed by atoms with Crippen molar-refractivity contribution in [3.8, 4) is 0 Å². The first-order valence-corrected chi connectivity index (χ1v) is 7.01. The van der Waals surface area contributed by atoms with Gasteiger partial charge in [0.2, 0.25) is 0 Å². The Kier molecular flexibility index (Phi) is 7.25. The monoisotopic (exact) mass is 293 g/mol. The van der Waals surface area contributed by atoms with Crippen LogP contribution in [-0.2, 0) is 9.53 Å². The average molecular weight is 293 g/mol. The molecule has 1 unspecified atom stereocenters. The summed E-state index contributed by atoms with van der Waals surface area (Å²) in [5, 5.41) is 8.62. The minimum atomic E-state index is -0.350. The number of carbonyl (C=O) groups excluding carboxylic acids is 2. The van der Waals surface area contributed by atoms with Crippen molar-refractivity contribution in [1.29, 1.82) is 0 Å². The number of esters is 1. The third-order valence-electron chi connectivity index (χ3n) is 3.02. The molecule has 0 fully saturated rings. The molecule has 3 N–H and O–H groups in total. The Morgan fingerprint density at radius 1 is 1.24 bits per heavy atom. The highest BCUT2D eigenvalue weighted by Gasteiger charge is 2.06. The Hall–Kier alpha value is -2.08. The predicted octanol–water partition coefficient (Wildman–Crippen LogP) is 2.04. The number of hydrogen-bond donors (Lipinski definition) is 3. The van der Waals surface area contributed by atoms with Crippen LogP contribution >= 0.6 is 0 Å². The fraction of sp³-hybridized carbons (Fsp3) is 0.467. The lowest BCUT2D eigenvalue weighted by Crippen LogP contribution is -2.30. The van der Waals surface area contributed by atoms with Gasteiger partial charge in [-0.25, -0.2) is 4.79 Å². The van der Waals surface area contributed by atoms with Crippen LogP contribution in [0, 0.1) is 0 Å². The van der Waals surface area contributed by atoms with E-state index in [4.69, 9.17) is 0 Å². The normalized spacial score (nSPS) is 11.6. The van der Waals surface area contributed by atoms with Gasteiger partial charge in [-0.2, -0.15) is 0 Å².